The van der Waals surface area contributed by atoms with E-state index in [1.807, 2.05) is 54.6 Å². The lowest BCUT2D eigenvalue weighted by Crippen LogP contribution is -2.32. The highest BCUT2D eigenvalue weighted by Crippen LogP contribution is 2.42. The van der Waals surface area contributed by atoms with Crippen molar-refractivity contribution in [2.45, 2.75) is 51.3 Å². The van der Waals surface area contributed by atoms with Gasteiger partial charge in [0.15, 0.2) is 0 Å². The molecule has 5 nitrogen and oxygen atoms in total. The molecule has 3 aromatic carbocycles. The van der Waals surface area contributed by atoms with Gasteiger partial charge < -0.3 is 5.32 Å². The van der Waals surface area contributed by atoms with E-state index < -0.39 is 11.2 Å². The quantitative estimate of drug-likeness (QED) is 0.293. The predicted molar refractivity (Wildman–Crippen MR) is 150 cm³/mol. The number of aryl methyl sites for hydroxylation is 1. The highest BCUT2D eigenvalue weighted by atomic mass is 32.2. The van der Waals surface area contributed by atoms with Crippen LogP contribution in [0.2, 0.25) is 0 Å². The Kier molecular flexibility index (Phi) is 8.47. The van der Waals surface area contributed by atoms with Crippen LogP contribution >= 0.6 is 11.8 Å². The van der Waals surface area contributed by atoms with E-state index in [1.54, 1.807) is 0 Å². The Morgan fingerprint density at radius 1 is 0.973 bits per heavy atom. The van der Waals surface area contributed by atoms with Crippen LogP contribution in [0.5, 0.6) is 0 Å². The van der Waals surface area contributed by atoms with E-state index in [1.165, 1.54) is 22.2 Å². The Hall–Kier alpha value is -3.82. The maximum Gasteiger partial charge on any atom is 0.264 e. The third-order valence-electron chi connectivity index (χ3n) is 6.47. The molecule has 1 saturated heterocycles. The Balaban J connectivity index is 1.65. The first-order chi connectivity index (χ1) is 17.9. The monoisotopic (exact) mass is 509 g/mol. The van der Waals surface area contributed by atoms with E-state index in [0.29, 0.717) is 29.6 Å². The van der Waals surface area contributed by atoms with Crippen molar-refractivity contribution in [3.63, 3.8) is 0 Å². The van der Waals surface area contributed by atoms with Gasteiger partial charge in [-0.3, -0.25) is 14.5 Å². The van der Waals surface area contributed by atoms with Gasteiger partial charge in [0.1, 0.15) is 16.7 Å². The summed E-state index contributed by atoms with van der Waals surface area (Å²) in [6, 6.07) is 27.6. The second-order valence-corrected chi connectivity index (χ2v) is 10.6. The molecule has 1 aliphatic rings. The molecule has 1 atom stereocenters. The summed E-state index contributed by atoms with van der Waals surface area (Å²) in [6.07, 6.45) is 1.39. The number of nitriles is 1. The van der Waals surface area contributed by atoms with E-state index in [9.17, 15) is 14.9 Å². The summed E-state index contributed by atoms with van der Waals surface area (Å²) >= 11 is 1.29. The zero-order chi connectivity index (χ0) is 26.4. The Morgan fingerprint density at radius 3 is 2.22 bits per heavy atom. The lowest BCUT2D eigenvalue weighted by atomic mass is 10.00. The van der Waals surface area contributed by atoms with Crippen molar-refractivity contribution in [2.75, 3.05) is 4.90 Å². The molecule has 0 aromatic heterocycles. The molecule has 0 saturated carbocycles. The molecule has 1 unspecified atom stereocenters. The number of carbonyl (C=O) groups excluding carboxylic acids is 2. The fraction of sp³-hybridized carbons (Fsp3) is 0.258. The second-order valence-electron chi connectivity index (χ2n) is 9.36. The Morgan fingerprint density at radius 2 is 1.62 bits per heavy atom. The maximum absolute atomic E-state index is 13.7. The first kappa shape index (κ1) is 26.2. The molecule has 1 aliphatic heterocycles. The molecule has 1 fully saturated rings. The summed E-state index contributed by atoms with van der Waals surface area (Å²) in [5.74, 6) is -0.181. The first-order valence-electron chi connectivity index (χ1n) is 12.6. The average molecular weight is 510 g/mol. The summed E-state index contributed by atoms with van der Waals surface area (Å²) in [7, 11) is 0. The van der Waals surface area contributed by atoms with Crippen LogP contribution in [0.25, 0.3) is 0 Å². The van der Waals surface area contributed by atoms with E-state index in [0.717, 1.165) is 23.1 Å². The number of nitrogens with zero attached hydrogens (tertiary/aromatic N) is 2. The van der Waals surface area contributed by atoms with E-state index in [-0.39, 0.29) is 11.5 Å². The van der Waals surface area contributed by atoms with Crippen molar-refractivity contribution in [1.29, 1.82) is 5.26 Å². The van der Waals surface area contributed by atoms with Crippen LogP contribution < -0.4 is 10.2 Å². The fourth-order valence-electron chi connectivity index (χ4n) is 4.22. The summed E-state index contributed by atoms with van der Waals surface area (Å²) in [6.45, 7) is 6.67. The van der Waals surface area contributed by atoms with Crippen LogP contribution in [0.1, 0.15) is 48.9 Å². The molecule has 2 amide bonds. The number of thioether (sulfide) groups is 1. The number of anilines is 1. The Bertz CT molecular complexity index is 1320. The smallest absolute Gasteiger partial charge is 0.264 e. The number of benzene rings is 3. The van der Waals surface area contributed by atoms with Crippen molar-refractivity contribution in [2.24, 2.45) is 0 Å². The van der Waals surface area contributed by atoms with Gasteiger partial charge in [0, 0.05) is 12.2 Å². The van der Waals surface area contributed by atoms with Gasteiger partial charge >= 0.3 is 0 Å². The van der Waals surface area contributed by atoms with Gasteiger partial charge in [0.25, 0.3) is 5.91 Å². The van der Waals surface area contributed by atoms with Crippen molar-refractivity contribution < 1.29 is 9.59 Å². The molecule has 6 heteroatoms. The van der Waals surface area contributed by atoms with E-state index >= 15 is 0 Å². The lowest BCUT2D eigenvalue weighted by Gasteiger charge is -2.19. The minimum atomic E-state index is -0.487. The molecule has 1 N–H and O–H groups in total. The zero-order valence-electron chi connectivity index (χ0n) is 21.4. The molecule has 1 heterocycles. The van der Waals surface area contributed by atoms with Gasteiger partial charge in [-0.05, 0) is 53.1 Å². The zero-order valence-corrected chi connectivity index (χ0v) is 22.2. The maximum atomic E-state index is 13.7. The first-order valence-corrected chi connectivity index (χ1v) is 13.4. The molecule has 4 rings (SSSR count). The minimum Gasteiger partial charge on any atom is -0.347 e. The minimum absolute atomic E-state index is 0.0495. The predicted octanol–water partition coefficient (Wildman–Crippen LogP) is 6.12. The molecule has 0 aliphatic carbocycles. The fourth-order valence-corrected chi connectivity index (χ4v) is 5.53. The summed E-state index contributed by atoms with van der Waals surface area (Å²) in [5.41, 5.74) is 4.98. The summed E-state index contributed by atoms with van der Waals surface area (Å²) < 4.78 is 0. The van der Waals surface area contributed by atoms with Crippen molar-refractivity contribution in [3.8, 4) is 6.07 Å². The van der Waals surface area contributed by atoms with Crippen LogP contribution in [0.3, 0.4) is 0 Å². The average Bonchev–Trinajstić information content (AvgIpc) is 3.23. The summed E-state index contributed by atoms with van der Waals surface area (Å²) in [4.78, 5) is 28.4. The van der Waals surface area contributed by atoms with Crippen LogP contribution in [-0.4, -0.2) is 17.1 Å². The number of hydrogen-bond donors (Lipinski definition) is 1. The number of rotatable bonds is 8. The van der Waals surface area contributed by atoms with Gasteiger partial charge in [-0.1, -0.05) is 99.3 Å². The van der Waals surface area contributed by atoms with Gasteiger partial charge in [-0.2, -0.15) is 5.26 Å². The third-order valence-corrected chi connectivity index (χ3v) is 7.73. The number of hydrogen-bond acceptors (Lipinski definition) is 4. The number of nitrogens with one attached hydrogen (secondary N) is 1. The van der Waals surface area contributed by atoms with Crippen molar-refractivity contribution >= 4 is 29.3 Å². The second kappa shape index (κ2) is 11.9. The highest BCUT2D eigenvalue weighted by molar-refractivity contribution is 8.05. The number of amides is 2. The van der Waals surface area contributed by atoms with E-state index in [4.69, 9.17) is 0 Å². The normalized spacial score (nSPS) is 16.6. The van der Waals surface area contributed by atoms with Gasteiger partial charge in [-0.15, -0.1) is 0 Å². The van der Waals surface area contributed by atoms with Gasteiger partial charge in [0.05, 0.1) is 5.25 Å². The lowest BCUT2D eigenvalue weighted by molar-refractivity contribution is -0.117. The molecular weight excluding hydrogens is 478 g/mol. The van der Waals surface area contributed by atoms with Crippen LogP contribution in [0.4, 0.5) is 5.69 Å². The van der Waals surface area contributed by atoms with E-state index in [2.05, 4.69) is 56.4 Å². The molecule has 188 valence electrons. The molecule has 0 bridgehead atoms. The molecule has 0 spiro atoms. The van der Waals surface area contributed by atoms with Crippen LogP contribution in [0, 0.1) is 11.3 Å². The highest BCUT2D eigenvalue weighted by Gasteiger charge is 2.40. The van der Waals surface area contributed by atoms with Crippen molar-refractivity contribution in [1.82, 2.24) is 5.32 Å². The SMILES string of the molecule is CCc1ccc(N2C(=O)C(Cc3ccc(C(C)C)cc3)S/C2=C(/C#N)C(=O)NCc2ccccc2)cc1. The molecular formula is C31H31N3O2S. The topological polar surface area (TPSA) is 73.2 Å². The Labute approximate surface area is 223 Å². The molecule has 3 aromatic rings. The van der Waals surface area contributed by atoms with Crippen LogP contribution in [-0.2, 0) is 29.0 Å². The molecule has 37 heavy (non-hydrogen) atoms. The number of carbonyl (C=O) groups is 2. The van der Waals surface area contributed by atoms with Crippen LogP contribution in [0.15, 0.2) is 89.5 Å². The summed E-state index contributed by atoms with van der Waals surface area (Å²) in [5, 5.41) is 12.8. The third kappa shape index (κ3) is 6.12. The standard InChI is InChI=1S/C31H31N3O2S/c1-4-22-12-16-26(17-13-22)34-30(36)28(18-23-10-14-25(15-11-23)21(2)3)37-31(34)27(19-32)29(35)33-20-24-8-6-5-7-9-24/h5-17,21,28H,4,18,20H2,1-3H3,(H,33,35)/b31-27-. The van der Waals surface area contributed by atoms with Gasteiger partial charge in [-0.25, -0.2) is 0 Å². The largest absolute Gasteiger partial charge is 0.347 e. The van der Waals surface area contributed by atoms with Crippen molar-refractivity contribution in [3.05, 3.63) is 112 Å². The molecule has 0 radical (unpaired) electrons. The van der Waals surface area contributed by atoms with Gasteiger partial charge in [0.2, 0.25) is 5.91 Å².